The summed E-state index contributed by atoms with van der Waals surface area (Å²) in [5.74, 6) is 1.68. The third-order valence-corrected chi connectivity index (χ3v) is 6.23. The van der Waals surface area contributed by atoms with Gasteiger partial charge in [-0.2, -0.15) is 0 Å². The van der Waals surface area contributed by atoms with E-state index < -0.39 is 0 Å². The van der Waals surface area contributed by atoms with E-state index in [-0.39, 0.29) is 5.97 Å². The Hall–Kier alpha value is -2.03. The van der Waals surface area contributed by atoms with E-state index in [1.54, 1.807) is 0 Å². The number of esters is 1. The van der Waals surface area contributed by atoms with E-state index in [1.165, 1.54) is 29.2 Å². The minimum Gasteiger partial charge on any atom is -0.490 e. The Bertz CT molecular complexity index is 810. The predicted molar refractivity (Wildman–Crippen MR) is 119 cm³/mol. The van der Waals surface area contributed by atoms with Crippen LogP contribution in [0.25, 0.3) is 10.8 Å². The van der Waals surface area contributed by atoms with E-state index in [0.717, 1.165) is 37.4 Å². The first kappa shape index (κ1) is 21.7. The molecule has 0 aliphatic heterocycles. The second-order valence-corrected chi connectivity index (χ2v) is 9.46. The van der Waals surface area contributed by atoms with E-state index in [0.29, 0.717) is 24.5 Å². The first-order valence-corrected chi connectivity index (χ1v) is 11.2. The van der Waals surface area contributed by atoms with Crippen LogP contribution in [0.3, 0.4) is 0 Å². The van der Waals surface area contributed by atoms with Gasteiger partial charge in [-0.05, 0) is 85.3 Å². The Balaban J connectivity index is 1.55. The Kier molecular flexibility index (Phi) is 7.21. The molecular weight excluding hydrogens is 360 g/mol. The van der Waals surface area contributed by atoms with Gasteiger partial charge in [0.1, 0.15) is 5.75 Å². The molecule has 0 atom stereocenters. The molecule has 0 unspecified atom stereocenters. The number of hydrogen-bond donors (Lipinski definition) is 0. The predicted octanol–water partition coefficient (Wildman–Crippen LogP) is 6.71. The van der Waals surface area contributed by atoms with Crippen molar-refractivity contribution in [1.82, 2.24) is 0 Å². The molecule has 2 aromatic rings. The third-order valence-electron chi connectivity index (χ3n) is 6.23. The molecule has 0 radical (unpaired) electrons. The Morgan fingerprint density at radius 2 is 1.69 bits per heavy atom. The average Bonchev–Trinajstić information content (AvgIpc) is 2.68. The molecule has 158 valence electrons. The summed E-state index contributed by atoms with van der Waals surface area (Å²) in [7, 11) is 0. The SMILES string of the molecule is CCOC(=O)CCCc1ccc2cc(OC3CCC(C(C)(C)C)CC3)ccc2c1. The van der Waals surface area contributed by atoms with Crippen molar-refractivity contribution in [2.75, 3.05) is 6.61 Å². The van der Waals surface area contributed by atoms with Crippen LogP contribution in [-0.4, -0.2) is 18.7 Å². The number of carbonyl (C=O) groups excluding carboxylic acids is 1. The number of fused-ring (bicyclic) bond motifs is 1. The normalized spacial score (nSPS) is 19.9. The highest BCUT2D eigenvalue weighted by Gasteiger charge is 2.30. The summed E-state index contributed by atoms with van der Waals surface area (Å²) in [5, 5.41) is 2.43. The van der Waals surface area contributed by atoms with Crippen molar-refractivity contribution in [1.29, 1.82) is 0 Å². The molecule has 0 amide bonds. The van der Waals surface area contributed by atoms with Crippen molar-refractivity contribution in [2.24, 2.45) is 11.3 Å². The molecule has 0 bridgehead atoms. The van der Waals surface area contributed by atoms with Gasteiger partial charge in [-0.1, -0.05) is 45.0 Å². The van der Waals surface area contributed by atoms with E-state index in [2.05, 4.69) is 57.2 Å². The summed E-state index contributed by atoms with van der Waals surface area (Å²) in [5.41, 5.74) is 1.66. The minimum atomic E-state index is -0.105. The van der Waals surface area contributed by atoms with Crippen LogP contribution in [0.1, 0.15) is 71.8 Å². The van der Waals surface area contributed by atoms with E-state index in [9.17, 15) is 4.79 Å². The number of ether oxygens (including phenoxy) is 2. The lowest BCUT2D eigenvalue weighted by Gasteiger charge is -2.37. The van der Waals surface area contributed by atoms with Crippen molar-refractivity contribution < 1.29 is 14.3 Å². The fourth-order valence-electron chi connectivity index (χ4n) is 4.41. The number of hydrogen-bond acceptors (Lipinski definition) is 3. The third kappa shape index (κ3) is 6.22. The molecule has 1 fully saturated rings. The molecule has 0 N–H and O–H groups in total. The monoisotopic (exact) mass is 396 g/mol. The van der Waals surface area contributed by atoms with Gasteiger partial charge < -0.3 is 9.47 Å². The molecule has 0 saturated heterocycles. The van der Waals surface area contributed by atoms with Crippen molar-refractivity contribution in [3.63, 3.8) is 0 Å². The van der Waals surface area contributed by atoms with Gasteiger partial charge in [-0.25, -0.2) is 0 Å². The standard InChI is InChI=1S/C26H36O3/c1-5-28-25(27)8-6-7-19-9-10-21-18-24(14-11-20(21)17-19)29-23-15-12-22(13-16-23)26(2,3)4/h9-11,14,17-18,22-23H,5-8,12-13,15-16H2,1-4H3. The molecule has 1 saturated carbocycles. The molecule has 0 aromatic heterocycles. The molecule has 1 aliphatic carbocycles. The number of rotatable bonds is 7. The lowest BCUT2D eigenvalue weighted by molar-refractivity contribution is -0.143. The minimum absolute atomic E-state index is 0.105. The van der Waals surface area contributed by atoms with Crippen molar-refractivity contribution in [3.05, 3.63) is 42.0 Å². The van der Waals surface area contributed by atoms with Gasteiger partial charge in [0.25, 0.3) is 0 Å². The summed E-state index contributed by atoms with van der Waals surface area (Å²) in [6, 6.07) is 13.0. The molecule has 3 nitrogen and oxygen atoms in total. The fourth-order valence-corrected chi connectivity index (χ4v) is 4.41. The molecule has 0 heterocycles. The molecule has 3 rings (SSSR count). The van der Waals surface area contributed by atoms with E-state index in [1.807, 2.05) is 6.92 Å². The van der Waals surface area contributed by atoms with Crippen molar-refractivity contribution in [2.45, 2.75) is 78.7 Å². The molecule has 3 heteroatoms. The highest BCUT2D eigenvalue weighted by molar-refractivity contribution is 5.84. The van der Waals surface area contributed by atoms with Gasteiger partial charge in [-0.15, -0.1) is 0 Å². The summed E-state index contributed by atoms with van der Waals surface area (Å²) < 4.78 is 11.3. The van der Waals surface area contributed by atoms with Gasteiger partial charge >= 0.3 is 5.97 Å². The largest absolute Gasteiger partial charge is 0.490 e. The molecule has 1 aliphatic rings. The number of aryl methyl sites for hydroxylation is 1. The van der Waals surface area contributed by atoms with E-state index in [4.69, 9.17) is 9.47 Å². The lowest BCUT2D eigenvalue weighted by atomic mass is 9.72. The zero-order valence-electron chi connectivity index (χ0n) is 18.5. The van der Waals surface area contributed by atoms with Gasteiger partial charge in [0.05, 0.1) is 12.7 Å². The molecular formula is C26H36O3. The first-order valence-electron chi connectivity index (χ1n) is 11.2. The Morgan fingerprint density at radius 1 is 1.00 bits per heavy atom. The van der Waals surface area contributed by atoms with Crippen LogP contribution >= 0.6 is 0 Å². The second kappa shape index (κ2) is 9.65. The Labute approximate surface area is 175 Å². The van der Waals surface area contributed by atoms with Crippen LogP contribution in [0.2, 0.25) is 0 Å². The number of carbonyl (C=O) groups is 1. The molecule has 29 heavy (non-hydrogen) atoms. The maximum Gasteiger partial charge on any atom is 0.305 e. The highest BCUT2D eigenvalue weighted by Crippen LogP contribution is 2.39. The van der Waals surface area contributed by atoms with Crippen molar-refractivity contribution in [3.8, 4) is 5.75 Å². The molecule has 0 spiro atoms. The molecule has 2 aromatic carbocycles. The first-order chi connectivity index (χ1) is 13.8. The zero-order valence-corrected chi connectivity index (χ0v) is 18.5. The summed E-state index contributed by atoms with van der Waals surface area (Å²) in [6.45, 7) is 9.36. The van der Waals surface area contributed by atoms with Crippen LogP contribution in [0.4, 0.5) is 0 Å². The zero-order chi connectivity index (χ0) is 20.9. The van der Waals surface area contributed by atoms with Crippen LogP contribution in [0.15, 0.2) is 36.4 Å². The van der Waals surface area contributed by atoms with Crippen molar-refractivity contribution >= 4 is 16.7 Å². The fraction of sp³-hybridized carbons (Fsp3) is 0.577. The topological polar surface area (TPSA) is 35.5 Å². The van der Waals surface area contributed by atoms with Gasteiger partial charge in [0, 0.05) is 6.42 Å². The number of benzene rings is 2. The van der Waals surface area contributed by atoms with Gasteiger partial charge in [-0.3, -0.25) is 4.79 Å². The summed E-state index contributed by atoms with van der Waals surface area (Å²) >= 11 is 0. The van der Waals surface area contributed by atoms with E-state index >= 15 is 0 Å². The lowest BCUT2D eigenvalue weighted by Crippen LogP contribution is -2.30. The quantitative estimate of drug-likeness (QED) is 0.488. The van der Waals surface area contributed by atoms with Crippen LogP contribution in [-0.2, 0) is 16.0 Å². The van der Waals surface area contributed by atoms with Gasteiger partial charge in [0.2, 0.25) is 0 Å². The van der Waals surface area contributed by atoms with Crippen LogP contribution in [0.5, 0.6) is 5.75 Å². The maximum absolute atomic E-state index is 11.5. The maximum atomic E-state index is 11.5. The van der Waals surface area contributed by atoms with Crippen LogP contribution < -0.4 is 4.74 Å². The summed E-state index contributed by atoms with van der Waals surface area (Å²) in [6.07, 6.45) is 7.36. The average molecular weight is 397 g/mol. The summed E-state index contributed by atoms with van der Waals surface area (Å²) in [4.78, 5) is 11.5. The smallest absolute Gasteiger partial charge is 0.305 e. The second-order valence-electron chi connectivity index (χ2n) is 9.46. The van der Waals surface area contributed by atoms with Crippen LogP contribution in [0, 0.1) is 11.3 Å². The highest BCUT2D eigenvalue weighted by atomic mass is 16.5. The van der Waals surface area contributed by atoms with Gasteiger partial charge in [0.15, 0.2) is 0 Å². The Morgan fingerprint density at radius 3 is 2.38 bits per heavy atom.